The zero-order chi connectivity index (χ0) is 13.3. The lowest BCUT2D eigenvalue weighted by molar-refractivity contribution is -0.144. The normalized spacial score (nSPS) is 49.5. The fraction of sp³-hybridized carbons (Fsp3) is 0.765. The number of rotatable bonds is 2. The van der Waals surface area contributed by atoms with Crippen LogP contribution in [0.3, 0.4) is 0 Å². The molecule has 19 heavy (non-hydrogen) atoms. The molecule has 1 aromatic heterocycles. The summed E-state index contributed by atoms with van der Waals surface area (Å²) in [6.45, 7) is 5.14. The summed E-state index contributed by atoms with van der Waals surface area (Å²) in [6, 6.07) is 4.53. The maximum Gasteiger partial charge on any atom is 0.0545 e. The number of hydrogen-bond donors (Lipinski definition) is 0. The van der Waals surface area contributed by atoms with Gasteiger partial charge in [0.1, 0.15) is 0 Å². The largest absolute Gasteiger partial charge is 0.148 e. The zero-order valence-corrected chi connectivity index (χ0v) is 14.3. The molecular formula is C17H23BrS. The van der Waals surface area contributed by atoms with Crippen molar-refractivity contribution in [3.63, 3.8) is 0 Å². The Morgan fingerprint density at radius 1 is 1.16 bits per heavy atom. The zero-order valence-electron chi connectivity index (χ0n) is 11.9. The minimum absolute atomic E-state index is 0.535. The van der Waals surface area contributed by atoms with E-state index in [4.69, 9.17) is 0 Å². The van der Waals surface area contributed by atoms with Gasteiger partial charge in [0.05, 0.1) is 4.83 Å². The maximum atomic E-state index is 4.11. The molecule has 4 bridgehead atoms. The Morgan fingerprint density at radius 2 is 1.84 bits per heavy atom. The first kappa shape index (κ1) is 12.9. The first-order chi connectivity index (χ1) is 8.92. The van der Waals surface area contributed by atoms with Gasteiger partial charge in [-0.2, -0.15) is 0 Å². The van der Waals surface area contributed by atoms with Gasteiger partial charge in [0.2, 0.25) is 0 Å². The van der Waals surface area contributed by atoms with Gasteiger partial charge < -0.3 is 0 Å². The van der Waals surface area contributed by atoms with Crippen molar-refractivity contribution in [3.8, 4) is 0 Å². The van der Waals surface area contributed by atoms with Crippen LogP contribution in [-0.4, -0.2) is 0 Å². The Morgan fingerprint density at radius 3 is 2.37 bits per heavy atom. The lowest BCUT2D eigenvalue weighted by atomic mass is 9.40. The van der Waals surface area contributed by atoms with Crippen molar-refractivity contribution in [2.45, 2.75) is 57.2 Å². The topological polar surface area (TPSA) is 0 Å². The highest BCUT2D eigenvalue weighted by molar-refractivity contribution is 9.09. The summed E-state index contributed by atoms with van der Waals surface area (Å²) in [5, 5.41) is 2.23. The highest BCUT2D eigenvalue weighted by Crippen LogP contribution is 2.73. The third kappa shape index (κ3) is 1.89. The summed E-state index contributed by atoms with van der Waals surface area (Å²) in [6.07, 6.45) is 8.82. The van der Waals surface area contributed by atoms with Crippen LogP contribution in [0.4, 0.5) is 0 Å². The highest BCUT2D eigenvalue weighted by atomic mass is 79.9. The Kier molecular flexibility index (Phi) is 2.63. The molecule has 0 amide bonds. The predicted molar refractivity (Wildman–Crippen MR) is 85.8 cm³/mol. The van der Waals surface area contributed by atoms with Crippen molar-refractivity contribution < 1.29 is 0 Å². The standard InChI is InChI=1S/C17H23BrS/c1-15-6-12-7-16(2,9-15)11-17(8-12,10-15)14(18)13-4-3-5-19-13/h3-5,12,14H,6-11H2,1-2H3. The summed E-state index contributed by atoms with van der Waals surface area (Å²) < 4.78 is 0. The minimum atomic E-state index is 0.535. The number of halogens is 1. The van der Waals surface area contributed by atoms with E-state index in [1.54, 1.807) is 4.88 Å². The van der Waals surface area contributed by atoms with E-state index in [0.717, 1.165) is 5.92 Å². The van der Waals surface area contributed by atoms with Crippen LogP contribution in [0.15, 0.2) is 17.5 Å². The molecule has 3 unspecified atom stereocenters. The Balaban J connectivity index is 1.75. The van der Waals surface area contributed by atoms with E-state index in [1.165, 1.54) is 38.5 Å². The summed E-state index contributed by atoms with van der Waals surface area (Å²) in [5.74, 6) is 0.992. The average Bonchev–Trinajstić information content (AvgIpc) is 2.75. The molecule has 0 radical (unpaired) electrons. The van der Waals surface area contributed by atoms with Gasteiger partial charge in [-0.3, -0.25) is 0 Å². The molecule has 4 aliphatic rings. The van der Waals surface area contributed by atoms with Crippen LogP contribution < -0.4 is 0 Å². The Bertz CT molecular complexity index is 473. The van der Waals surface area contributed by atoms with Crippen molar-refractivity contribution in [2.24, 2.45) is 22.2 Å². The van der Waals surface area contributed by atoms with Crippen LogP contribution in [0.5, 0.6) is 0 Å². The van der Waals surface area contributed by atoms with E-state index in [1.807, 2.05) is 11.3 Å². The quantitative estimate of drug-likeness (QED) is 0.564. The van der Waals surface area contributed by atoms with Crippen molar-refractivity contribution in [1.29, 1.82) is 0 Å². The molecule has 0 aliphatic heterocycles. The second-order valence-electron chi connectivity index (χ2n) is 8.37. The van der Waals surface area contributed by atoms with Crippen LogP contribution in [0.25, 0.3) is 0 Å². The third-order valence-electron chi connectivity index (χ3n) is 6.00. The van der Waals surface area contributed by atoms with Crippen LogP contribution in [0.2, 0.25) is 0 Å². The molecule has 4 saturated carbocycles. The van der Waals surface area contributed by atoms with Crippen LogP contribution >= 0.6 is 27.3 Å². The van der Waals surface area contributed by atoms with Gasteiger partial charge in [-0.05, 0) is 72.1 Å². The van der Waals surface area contributed by atoms with E-state index in [-0.39, 0.29) is 0 Å². The van der Waals surface area contributed by atoms with Gasteiger partial charge in [0.15, 0.2) is 0 Å². The monoisotopic (exact) mass is 338 g/mol. The number of thiophene rings is 1. The molecule has 4 fully saturated rings. The third-order valence-corrected chi connectivity index (χ3v) is 8.70. The molecule has 5 rings (SSSR count). The van der Waals surface area contributed by atoms with Gasteiger partial charge in [-0.25, -0.2) is 0 Å². The fourth-order valence-electron chi connectivity index (χ4n) is 6.56. The van der Waals surface area contributed by atoms with Crippen LogP contribution in [0.1, 0.15) is 62.1 Å². The summed E-state index contributed by atoms with van der Waals surface area (Å²) in [4.78, 5) is 2.14. The summed E-state index contributed by atoms with van der Waals surface area (Å²) in [5.41, 5.74) is 1.78. The number of hydrogen-bond acceptors (Lipinski definition) is 1. The van der Waals surface area contributed by atoms with Crippen molar-refractivity contribution in [1.82, 2.24) is 0 Å². The predicted octanol–water partition coefficient (Wildman–Crippen LogP) is 6.18. The molecule has 1 aromatic rings. The van der Waals surface area contributed by atoms with Crippen molar-refractivity contribution in [3.05, 3.63) is 22.4 Å². The molecule has 1 heterocycles. The maximum absolute atomic E-state index is 4.11. The smallest absolute Gasteiger partial charge is 0.0545 e. The fourth-order valence-corrected chi connectivity index (χ4v) is 8.38. The first-order valence-corrected chi connectivity index (χ1v) is 9.39. The van der Waals surface area contributed by atoms with Crippen molar-refractivity contribution >= 4 is 27.3 Å². The van der Waals surface area contributed by atoms with E-state index in [0.29, 0.717) is 21.1 Å². The van der Waals surface area contributed by atoms with Crippen LogP contribution in [-0.2, 0) is 0 Å². The molecule has 0 aromatic carbocycles. The molecule has 0 spiro atoms. The molecule has 3 atom stereocenters. The lowest BCUT2D eigenvalue weighted by Crippen LogP contribution is -2.56. The second kappa shape index (κ2) is 3.88. The van der Waals surface area contributed by atoms with E-state index >= 15 is 0 Å². The van der Waals surface area contributed by atoms with E-state index in [2.05, 4.69) is 47.3 Å². The van der Waals surface area contributed by atoms with Crippen molar-refractivity contribution in [2.75, 3.05) is 0 Å². The molecule has 4 aliphatic carbocycles. The molecule has 104 valence electrons. The van der Waals surface area contributed by atoms with Gasteiger partial charge in [-0.1, -0.05) is 35.8 Å². The van der Waals surface area contributed by atoms with Gasteiger partial charge >= 0.3 is 0 Å². The molecular weight excluding hydrogens is 316 g/mol. The Hall–Kier alpha value is 0.180. The summed E-state index contributed by atoms with van der Waals surface area (Å²) in [7, 11) is 0. The molecule has 0 nitrogen and oxygen atoms in total. The van der Waals surface area contributed by atoms with Crippen LogP contribution in [0, 0.1) is 22.2 Å². The van der Waals surface area contributed by atoms with Gasteiger partial charge in [0.25, 0.3) is 0 Å². The molecule has 0 N–H and O–H groups in total. The van der Waals surface area contributed by atoms with Gasteiger partial charge in [-0.15, -0.1) is 11.3 Å². The van der Waals surface area contributed by atoms with E-state index < -0.39 is 0 Å². The molecule has 0 saturated heterocycles. The SMILES string of the molecule is CC12CC3CC(C)(C1)CC(C(Br)c1cccs1)(C3)C2. The second-order valence-corrected chi connectivity index (χ2v) is 10.3. The Labute approximate surface area is 129 Å². The first-order valence-electron chi connectivity index (χ1n) is 7.60. The lowest BCUT2D eigenvalue weighted by Gasteiger charge is -2.66. The number of alkyl halides is 1. The molecule has 2 heteroatoms. The van der Waals surface area contributed by atoms with E-state index in [9.17, 15) is 0 Å². The highest BCUT2D eigenvalue weighted by Gasteiger charge is 2.62. The summed E-state index contributed by atoms with van der Waals surface area (Å²) >= 11 is 6.04. The van der Waals surface area contributed by atoms with Gasteiger partial charge in [0, 0.05) is 4.88 Å². The minimum Gasteiger partial charge on any atom is -0.148 e. The average molecular weight is 339 g/mol.